The number of methoxy groups -OCH3 is 2. The van der Waals surface area contributed by atoms with E-state index in [0.29, 0.717) is 35.8 Å². The molecule has 40 heavy (non-hydrogen) atoms. The van der Waals surface area contributed by atoms with Crippen LogP contribution in [0.1, 0.15) is 41.6 Å². The number of hydrogen-bond donors (Lipinski definition) is 1. The van der Waals surface area contributed by atoms with Gasteiger partial charge < -0.3 is 19.7 Å². The lowest BCUT2D eigenvalue weighted by Gasteiger charge is -2.25. The van der Waals surface area contributed by atoms with Gasteiger partial charge in [-0.05, 0) is 56.2 Å². The van der Waals surface area contributed by atoms with Crippen LogP contribution >= 0.6 is 0 Å². The molecule has 1 fully saturated rings. The molecule has 0 atom stereocenters. The predicted octanol–water partition coefficient (Wildman–Crippen LogP) is 4.86. The number of ether oxygens (including phenoxy) is 2. The summed E-state index contributed by atoms with van der Waals surface area (Å²) in [6.45, 7) is 2.73. The average molecular weight is 566 g/mol. The number of nitrogens with zero attached hydrogens (tertiary/aromatic N) is 2. The Hall–Kier alpha value is -4.05. The van der Waals surface area contributed by atoms with E-state index >= 15 is 0 Å². The standard InChI is InChI=1S/C30H35N3O6S/c1-22-12-14-23(15-13-22)33(40(36,37)24-16-17-27(38-2)28(20-24)39-3)21-29(34)31-26-11-7-6-10-25(26)30(35)32-18-8-4-5-9-19-32/h6-7,10-17,20H,4-5,8-9,18-19,21H2,1-3H3,(H,31,34). The van der Waals surface area contributed by atoms with Crippen molar-refractivity contribution < 1.29 is 27.5 Å². The van der Waals surface area contributed by atoms with E-state index in [-0.39, 0.29) is 16.6 Å². The fourth-order valence-corrected chi connectivity index (χ4v) is 6.11. The Morgan fingerprint density at radius 3 is 2.17 bits per heavy atom. The third-order valence-corrected chi connectivity index (χ3v) is 8.65. The molecule has 2 amide bonds. The molecule has 1 saturated heterocycles. The Labute approximate surface area is 235 Å². The van der Waals surface area contributed by atoms with Crippen LogP contribution < -0.4 is 19.1 Å². The molecular weight excluding hydrogens is 530 g/mol. The SMILES string of the molecule is COc1ccc(S(=O)(=O)N(CC(=O)Nc2ccccc2C(=O)N2CCCCCC2)c2ccc(C)cc2)cc1OC. The van der Waals surface area contributed by atoms with Crippen LogP contribution in [0.4, 0.5) is 11.4 Å². The van der Waals surface area contributed by atoms with Crippen LogP contribution in [-0.2, 0) is 14.8 Å². The highest BCUT2D eigenvalue weighted by Gasteiger charge is 2.29. The molecule has 0 bridgehead atoms. The molecule has 1 aliphatic rings. The van der Waals surface area contributed by atoms with Gasteiger partial charge in [-0.25, -0.2) is 8.42 Å². The van der Waals surface area contributed by atoms with E-state index in [2.05, 4.69) is 5.32 Å². The predicted molar refractivity (Wildman–Crippen MR) is 155 cm³/mol. The van der Waals surface area contributed by atoms with Gasteiger partial charge in [0.05, 0.1) is 36.1 Å². The van der Waals surface area contributed by atoms with Crippen LogP contribution in [-0.4, -0.2) is 59.0 Å². The van der Waals surface area contributed by atoms with E-state index in [0.717, 1.165) is 35.6 Å². The molecule has 0 spiro atoms. The maximum atomic E-state index is 13.9. The van der Waals surface area contributed by atoms with Gasteiger partial charge in [-0.1, -0.05) is 42.7 Å². The number of carbonyl (C=O) groups is 2. The van der Waals surface area contributed by atoms with Gasteiger partial charge in [0.25, 0.3) is 15.9 Å². The van der Waals surface area contributed by atoms with Gasteiger partial charge >= 0.3 is 0 Å². The summed E-state index contributed by atoms with van der Waals surface area (Å²) in [4.78, 5) is 28.5. The fourth-order valence-electron chi connectivity index (χ4n) is 4.67. The zero-order valence-electron chi connectivity index (χ0n) is 23.1. The molecule has 3 aromatic carbocycles. The maximum Gasteiger partial charge on any atom is 0.264 e. The molecular formula is C30H35N3O6S. The lowest BCUT2D eigenvalue weighted by Crippen LogP contribution is -2.38. The smallest absolute Gasteiger partial charge is 0.264 e. The lowest BCUT2D eigenvalue weighted by atomic mass is 10.1. The third-order valence-electron chi connectivity index (χ3n) is 6.88. The fraction of sp³-hybridized carbons (Fsp3) is 0.333. The van der Waals surface area contributed by atoms with Crippen molar-refractivity contribution in [3.63, 3.8) is 0 Å². The molecule has 0 radical (unpaired) electrons. The summed E-state index contributed by atoms with van der Waals surface area (Å²) in [5.74, 6) is -0.100. The molecule has 3 aromatic rings. The third kappa shape index (κ3) is 6.56. The van der Waals surface area contributed by atoms with E-state index in [9.17, 15) is 18.0 Å². The summed E-state index contributed by atoms with van der Waals surface area (Å²) in [7, 11) is -1.31. The van der Waals surface area contributed by atoms with Gasteiger partial charge in [-0.2, -0.15) is 0 Å². The Morgan fingerprint density at radius 2 is 1.52 bits per heavy atom. The second-order valence-corrected chi connectivity index (χ2v) is 11.5. The number of carbonyl (C=O) groups excluding carboxylic acids is 2. The number of benzene rings is 3. The van der Waals surface area contributed by atoms with Crippen molar-refractivity contribution in [2.75, 3.05) is 43.5 Å². The Balaban J connectivity index is 1.63. The summed E-state index contributed by atoms with van der Waals surface area (Å²) in [6, 6.07) is 17.9. The number of aryl methyl sites for hydroxylation is 1. The molecule has 9 nitrogen and oxygen atoms in total. The molecule has 212 valence electrons. The van der Waals surface area contributed by atoms with Gasteiger partial charge in [0.2, 0.25) is 5.91 Å². The minimum atomic E-state index is -4.20. The Morgan fingerprint density at radius 1 is 0.875 bits per heavy atom. The highest BCUT2D eigenvalue weighted by atomic mass is 32.2. The highest BCUT2D eigenvalue weighted by Crippen LogP contribution is 2.32. The van der Waals surface area contributed by atoms with Crippen molar-refractivity contribution in [3.8, 4) is 11.5 Å². The van der Waals surface area contributed by atoms with Gasteiger partial charge in [-0.15, -0.1) is 0 Å². The zero-order chi connectivity index (χ0) is 28.7. The first-order valence-electron chi connectivity index (χ1n) is 13.2. The molecule has 4 rings (SSSR count). The number of likely N-dealkylation sites (tertiary alicyclic amines) is 1. The second kappa shape index (κ2) is 12.9. The minimum absolute atomic E-state index is 0.0599. The highest BCUT2D eigenvalue weighted by molar-refractivity contribution is 7.92. The lowest BCUT2D eigenvalue weighted by molar-refractivity contribution is -0.114. The number of nitrogens with one attached hydrogen (secondary N) is 1. The Bertz CT molecular complexity index is 1450. The van der Waals surface area contributed by atoms with Crippen LogP contribution in [0.2, 0.25) is 0 Å². The molecule has 10 heteroatoms. The molecule has 1 heterocycles. The average Bonchev–Trinajstić information content (AvgIpc) is 3.26. The van der Waals surface area contributed by atoms with Gasteiger partial charge in [0.1, 0.15) is 6.54 Å². The van der Waals surface area contributed by atoms with Gasteiger partial charge in [0, 0.05) is 19.2 Å². The molecule has 1 N–H and O–H groups in total. The molecule has 0 saturated carbocycles. The van der Waals surface area contributed by atoms with Crippen LogP contribution in [0, 0.1) is 6.92 Å². The molecule has 0 aromatic heterocycles. The first kappa shape index (κ1) is 28.9. The van der Waals surface area contributed by atoms with Crippen molar-refractivity contribution in [1.82, 2.24) is 4.90 Å². The quantitative estimate of drug-likeness (QED) is 0.397. The summed E-state index contributed by atoms with van der Waals surface area (Å²) >= 11 is 0. The van der Waals surface area contributed by atoms with Crippen LogP contribution in [0.3, 0.4) is 0 Å². The molecule has 0 aliphatic carbocycles. The summed E-state index contributed by atoms with van der Waals surface area (Å²) in [5, 5.41) is 2.78. The van der Waals surface area contributed by atoms with Gasteiger partial charge in [-0.3, -0.25) is 13.9 Å². The van der Waals surface area contributed by atoms with E-state index in [1.54, 1.807) is 48.5 Å². The van der Waals surface area contributed by atoms with Crippen molar-refractivity contribution in [1.29, 1.82) is 0 Å². The number of amides is 2. The molecule has 0 unspecified atom stereocenters. The van der Waals surface area contributed by atoms with Crippen molar-refractivity contribution >= 4 is 33.2 Å². The van der Waals surface area contributed by atoms with Gasteiger partial charge in [0.15, 0.2) is 11.5 Å². The topological polar surface area (TPSA) is 105 Å². The molecule has 1 aliphatic heterocycles. The summed E-state index contributed by atoms with van der Waals surface area (Å²) < 4.78 is 39.3. The number of para-hydroxylation sites is 1. The normalized spacial score (nSPS) is 13.7. The first-order chi connectivity index (χ1) is 19.2. The first-order valence-corrected chi connectivity index (χ1v) is 14.7. The zero-order valence-corrected chi connectivity index (χ0v) is 23.9. The van der Waals surface area contributed by atoms with Crippen molar-refractivity contribution in [2.24, 2.45) is 0 Å². The monoisotopic (exact) mass is 565 g/mol. The van der Waals surface area contributed by atoms with Crippen molar-refractivity contribution in [2.45, 2.75) is 37.5 Å². The second-order valence-electron chi connectivity index (χ2n) is 9.66. The van der Waals surface area contributed by atoms with Crippen LogP contribution in [0.25, 0.3) is 0 Å². The largest absolute Gasteiger partial charge is 0.493 e. The van der Waals surface area contributed by atoms with E-state index in [4.69, 9.17) is 9.47 Å². The summed E-state index contributed by atoms with van der Waals surface area (Å²) in [5.41, 5.74) is 1.98. The number of rotatable bonds is 9. The minimum Gasteiger partial charge on any atom is -0.493 e. The van der Waals surface area contributed by atoms with Crippen molar-refractivity contribution in [3.05, 3.63) is 77.9 Å². The van der Waals surface area contributed by atoms with Crippen LogP contribution in [0.15, 0.2) is 71.6 Å². The van der Waals surface area contributed by atoms with E-state index < -0.39 is 22.5 Å². The summed E-state index contributed by atoms with van der Waals surface area (Å²) in [6.07, 6.45) is 4.07. The Kier molecular flexibility index (Phi) is 9.31. The number of sulfonamides is 1. The number of anilines is 2. The van der Waals surface area contributed by atoms with Crippen LogP contribution in [0.5, 0.6) is 11.5 Å². The maximum absolute atomic E-state index is 13.9. The van der Waals surface area contributed by atoms with E-state index in [1.807, 2.05) is 11.8 Å². The van der Waals surface area contributed by atoms with E-state index in [1.165, 1.54) is 32.4 Å². The number of hydrogen-bond acceptors (Lipinski definition) is 6.